The Morgan fingerprint density at radius 1 is 1.17 bits per heavy atom. The molecule has 2 heterocycles. The number of hydrogen-bond donors (Lipinski definition) is 1. The first-order valence-corrected chi connectivity index (χ1v) is 9.56. The molecule has 0 bridgehead atoms. The Balaban J connectivity index is 1.60. The standard InChI is InChI=1S/C15H14ClN3O2S2/c16-14-6-7-15(22-14)23(20,21)18-9-8-12-10-17-19(11-12)13-4-2-1-3-5-13/h1-7,10-11,18H,8-9H2. The smallest absolute Gasteiger partial charge is 0.241 e. The van der Waals surface area contributed by atoms with Crippen molar-refractivity contribution in [3.8, 4) is 5.69 Å². The summed E-state index contributed by atoms with van der Waals surface area (Å²) in [6.07, 6.45) is 4.19. The van der Waals surface area contributed by atoms with Gasteiger partial charge in [-0.05, 0) is 36.2 Å². The van der Waals surface area contributed by atoms with Gasteiger partial charge in [-0.3, -0.25) is 0 Å². The zero-order chi connectivity index (χ0) is 16.3. The predicted molar refractivity (Wildman–Crippen MR) is 91.8 cm³/mol. The zero-order valence-corrected chi connectivity index (χ0v) is 14.4. The van der Waals surface area contributed by atoms with E-state index in [2.05, 4.69) is 9.82 Å². The Labute approximate surface area is 143 Å². The second-order valence-electron chi connectivity index (χ2n) is 4.84. The minimum absolute atomic E-state index is 0.225. The van der Waals surface area contributed by atoms with E-state index in [-0.39, 0.29) is 4.21 Å². The fourth-order valence-corrected chi connectivity index (χ4v) is 4.61. The van der Waals surface area contributed by atoms with Crippen molar-refractivity contribution in [1.82, 2.24) is 14.5 Å². The zero-order valence-electron chi connectivity index (χ0n) is 12.0. The highest BCUT2D eigenvalue weighted by Gasteiger charge is 2.15. The molecule has 5 nitrogen and oxygen atoms in total. The molecule has 0 amide bonds. The second-order valence-corrected chi connectivity index (χ2v) is 8.54. The van der Waals surface area contributed by atoms with Gasteiger partial charge in [0.15, 0.2) is 0 Å². The quantitative estimate of drug-likeness (QED) is 0.728. The van der Waals surface area contributed by atoms with E-state index in [0.717, 1.165) is 22.6 Å². The molecule has 2 aromatic heterocycles. The van der Waals surface area contributed by atoms with Gasteiger partial charge in [-0.25, -0.2) is 17.8 Å². The van der Waals surface area contributed by atoms with E-state index >= 15 is 0 Å². The topological polar surface area (TPSA) is 64.0 Å². The van der Waals surface area contributed by atoms with Crippen molar-refractivity contribution in [3.05, 3.63) is 64.8 Å². The highest BCUT2D eigenvalue weighted by Crippen LogP contribution is 2.25. The van der Waals surface area contributed by atoms with Crippen molar-refractivity contribution >= 4 is 33.0 Å². The van der Waals surface area contributed by atoms with E-state index in [1.165, 1.54) is 6.07 Å². The highest BCUT2D eigenvalue weighted by molar-refractivity contribution is 7.91. The van der Waals surface area contributed by atoms with Crippen LogP contribution in [-0.4, -0.2) is 24.7 Å². The number of thiophene rings is 1. The summed E-state index contributed by atoms with van der Waals surface area (Å²) in [6.45, 7) is 0.304. The second kappa shape index (κ2) is 6.84. The van der Waals surface area contributed by atoms with E-state index in [0.29, 0.717) is 17.3 Å². The Morgan fingerprint density at radius 2 is 1.96 bits per heavy atom. The van der Waals surface area contributed by atoms with Crippen LogP contribution in [0.4, 0.5) is 0 Å². The molecule has 0 spiro atoms. The minimum Gasteiger partial charge on any atom is -0.241 e. The summed E-state index contributed by atoms with van der Waals surface area (Å²) < 4.78 is 29.2. The summed E-state index contributed by atoms with van der Waals surface area (Å²) in [5, 5.41) is 4.29. The maximum absolute atomic E-state index is 12.1. The van der Waals surface area contributed by atoms with Crippen molar-refractivity contribution < 1.29 is 8.42 Å². The van der Waals surface area contributed by atoms with Crippen LogP contribution in [0.1, 0.15) is 5.56 Å². The van der Waals surface area contributed by atoms with Gasteiger partial charge < -0.3 is 0 Å². The lowest BCUT2D eigenvalue weighted by Crippen LogP contribution is -2.25. The maximum Gasteiger partial charge on any atom is 0.250 e. The molecular formula is C15H14ClN3O2S2. The average Bonchev–Trinajstić information content (AvgIpc) is 3.17. The fourth-order valence-electron chi connectivity index (χ4n) is 2.05. The Bertz CT molecular complexity index is 888. The number of nitrogens with zero attached hydrogens (tertiary/aromatic N) is 2. The van der Waals surface area contributed by atoms with Gasteiger partial charge >= 0.3 is 0 Å². The summed E-state index contributed by atoms with van der Waals surface area (Å²) >= 11 is 6.81. The number of para-hydroxylation sites is 1. The number of sulfonamides is 1. The molecule has 0 unspecified atom stereocenters. The van der Waals surface area contributed by atoms with Crippen LogP contribution in [0.5, 0.6) is 0 Å². The SMILES string of the molecule is O=S(=O)(NCCc1cnn(-c2ccccc2)c1)c1ccc(Cl)s1. The van der Waals surface area contributed by atoms with Gasteiger partial charge in [-0.2, -0.15) is 5.10 Å². The number of nitrogens with one attached hydrogen (secondary N) is 1. The third kappa shape index (κ3) is 4.00. The first-order chi connectivity index (χ1) is 11.0. The molecule has 1 aromatic carbocycles. The van der Waals surface area contributed by atoms with Crippen LogP contribution in [0.25, 0.3) is 5.69 Å². The normalized spacial score (nSPS) is 11.7. The van der Waals surface area contributed by atoms with Gasteiger partial charge in [0.1, 0.15) is 4.21 Å². The third-order valence-corrected chi connectivity index (χ3v) is 6.36. The first kappa shape index (κ1) is 16.2. The van der Waals surface area contributed by atoms with Crippen LogP contribution in [0.15, 0.2) is 59.1 Å². The van der Waals surface area contributed by atoms with Gasteiger partial charge in [0, 0.05) is 12.7 Å². The lowest BCUT2D eigenvalue weighted by Gasteiger charge is -2.03. The molecule has 3 rings (SSSR count). The van der Waals surface area contributed by atoms with Gasteiger partial charge in [-0.1, -0.05) is 29.8 Å². The number of benzene rings is 1. The Kier molecular flexibility index (Phi) is 4.82. The molecule has 0 aliphatic heterocycles. The van der Waals surface area contributed by atoms with Crippen molar-refractivity contribution in [2.24, 2.45) is 0 Å². The number of aromatic nitrogens is 2. The van der Waals surface area contributed by atoms with E-state index in [4.69, 9.17) is 11.6 Å². The maximum atomic E-state index is 12.1. The fraction of sp³-hybridized carbons (Fsp3) is 0.133. The molecule has 1 N–H and O–H groups in total. The molecule has 0 fully saturated rings. The average molecular weight is 368 g/mol. The summed E-state index contributed by atoms with van der Waals surface area (Å²) in [4.78, 5) is 0. The summed E-state index contributed by atoms with van der Waals surface area (Å²) in [7, 11) is -3.50. The summed E-state index contributed by atoms with van der Waals surface area (Å²) in [5.74, 6) is 0. The molecule has 0 saturated heterocycles. The van der Waals surface area contributed by atoms with Crippen LogP contribution in [0, 0.1) is 0 Å². The molecule has 0 aliphatic rings. The lowest BCUT2D eigenvalue weighted by molar-refractivity contribution is 0.584. The molecule has 0 atom stereocenters. The Morgan fingerprint density at radius 3 is 2.65 bits per heavy atom. The van der Waals surface area contributed by atoms with Crippen LogP contribution in [-0.2, 0) is 16.4 Å². The largest absolute Gasteiger partial charge is 0.250 e. The van der Waals surface area contributed by atoms with Gasteiger partial charge in [-0.15, -0.1) is 11.3 Å². The number of halogens is 1. The van der Waals surface area contributed by atoms with Crippen LogP contribution in [0.2, 0.25) is 4.34 Å². The van der Waals surface area contributed by atoms with Gasteiger partial charge in [0.05, 0.1) is 16.2 Å². The van der Waals surface area contributed by atoms with Gasteiger partial charge in [0.25, 0.3) is 0 Å². The van der Waals surface area contributed by atoms with Crippen LogP contribution in [0.3, 0.4) is 0 Å². The van der Waals surface area contributed by atoms with E-state index < -0.39 is 10.0 Å². The Hall–Kier alpha value is -1.67. The minimum atomic E-state index is -3.50. The third-order valence-electron chi connectivity index (χ3n) is 3.18. The van der Waals surface area contributed by atoms with Crippen LogP contribution >= 0.6 is 22.9 Å². The molecule has 23 heavy (non-hydrogen) atoms. The lowest BCUT2D eigenvalue weighted by atomic mass is 10.2. The van der Waals surface area contributed by atoms with Crippen LogP contribution < -0.4 is 4.72 Å². The molecule has 120 valence electrons. The molecule has 0 aliphatic carbocycles. The molecular weight excluding hydrogens is 354 g/mol. The molecule has 3 aromatic rings. The highest BCUT2D eigenvalue weighted by atomic mass is 35.5. The number of rotatable bonds is 6. The van der Waals surface area contributed by atoms with E-state index in [1.807, 2.05) is 36.5 Å². The number of hydrogen-bond acceptors (Lipinski definition) is 4. The summed E-state index contributed by atoms with van der Waals surface area (Å²) in [5.41, 5.74) is 1.92. The van der Waals surface area contributed by atoms with Crippen molar-refractivity contribution in [2.45, 2.75) is 10.6 Å². The first-order valence-electron chi connectivity index (χ1n) is 6.88. The molecule has 0 radical (unpaired) electrons. The summed E-state index contributed by atoms with van der Waals surface area (Å²) in [6, 6.07) is 12.8. The van der Waals surface area contributed by atoms with Crippen molar-refractivity contribution in [3.63, 3.8) is 0 Å². The van der Waals surface area contributed by atoms with Crippen molar-refractivity contribution in [2.75, 3.05) is 6.54 Å². The molecule has 8 heteroatoms. The monoisotopic (exact) mass is 367 g/mol. The van der Waals surface area contributed by atoms with Gasteiger partial charge in [0.2, 0.25) is 10.0 Å². The molecule has 0 saturated carbocycles. The van der Waals surface area contributed by atoms with E-state index in [9.17, 15) is 8.42 Å². The van der Waals surface area contributed by atoms with E-state index in [1.54, 1.807) is 16.9 Å². The van der Waals surface area contributed by atoms with Crippen molar-refractivity contribution in [1.29, 1.82) is 0 Å². The predicted octanol–water partition coefficient (Wildman–Crippen LogP) is 3.11.